The fourth-order valence-corrected chi connectivity index (χ4v) is 3.55. The van der Waals surface area contributed by atoms with Gasteiger partial charge in [-0.2, -0.15) is 0 Å². The predicted molar refractivity (Wildman–Crippen MR) is 95.6 cm³/mol. The molecule has 0 aliphatic heterocycles. The first-order valence-electron chi connectivity index (χ1n) is 7.73. The summed E-state index contributed by atoms with van der Waals surface area (Å²) in [5.41, 5.74) is 0.828. The summed E-state index contributed by atoms with van der Waals surface area (Å²) in [7, 11) is 0. The molecule has 0 fully saturated rings. The van der Waals surface area contributed by atoms with Gasteiger partial charge in [0.05, 0.1) is 22.1 Å². The average molecular weight is 364 g/mol. The Morgan fingerprint density at radius 1 is 1.08 bits per heavy atom. The molecule has 2 aromatic heterocycles. The summed E-state index contributed by atoms with van der Waals surface area (Å²) >= 11 is 2.98. The summed E-state index contributed by atoms with van der Waals surface area (Å²) in [4.78, 5) is 41.5. The van der Waals surface area contributed by atoms with E-state index in [1.54, 1.807) is 6.07 Å². The molecule has 2 aromatic rings. The van der Waals surface area contributed by atoms with Crippen LogP contribution in [0.3, 0.4) is 0 Å². The summed E-state index contributed by atoms with van der Waals surface area (Å²) in [6.45, 7) is 4.24. The largest absolute Gasteiger partial charge is 0.350 e. The number of aryl methyl sites for hydroxylation is 2. The highest BCUT2D eigenvalue weighted by Gasteiger charge is 2.12. The second-order valence-corrected chi connectivity index (χ2v) is 7.86. The van der Waals surface area contributed by atoms with E-state index in [1.807, 2.05) is 25.3 Å². The molecule has 5 nitrogen and oxygen atoms in total. The molecule has 2 rings (SSSR count). The second-order valence-electron chi connectivity index (χ2n) is 5.51. The molecule has 7 heteroatoms. The molecule has 0 aliphatic carbocycles. The average Bonchev–Trinajstić information content (AvgIpc) is 3.17. The minimum absolute atomic E-state index is 0.00944. The van der Waals surface area contributed by atoms with Crippen molar-refractivity contribution >= 4 is 40.1 Å². The summed E-state index contributed by atoms with van der Waals surface area (Å²) in [5, 5.41) is 5.61. The number of Topliss-reactive ketones (excluding diaryl/α,β-unsaturated/α-hetero) is 2. The zero-order valence-electron chi connectivity index (χ0n) is 13.8. The maximum atomic E-state index is 11.9. The van der Waals surface area contributed by atoms with Crippen molar-refractivity contribution in [1.82, 2.24) is 10.3 Å². The van der Waals surface area contributed by atoms with E-state index in [4.69, 9.17) is 0 Å². The maximum Gasteiger partial charge on any atom is 0.220 e. The standard InChI is InChI=1S/C17H20N2O3S2/c1-11-3-7-16(24-11)15(21)6-4-14(20)5-8-17(22)18-9-13-10-23-12(2)19-13/h3,7,10H,4-6,8-9H2,1-2H3,(H,18,22). The van der Waals surface area contributed by atoms with Gasteiger partial charge >= 0.3 is 0 Å². The van der Waals surface area contributed by atoms with Crippen LogP contribution in [0.2, 0.25) is 0 Å². The first-order valence-corrected chi connectivity index (χ1v) is 9.42. The van der Waals surface area contributed by atoms with Gasteiger partial charge in [-0.3, -0.25) is 14.4 Å². The number of amides is 1. The van der Waals surface area contributed by atoms with Gasteiger partial charge in [0.15, 0.2) is 5.78 Å². The molecule has 1 amide bonds. The van der Waals surface area contributed by atoms with E-state index in [0.717, 1.165) is 15.6 Å². The number of hydrogen-bond donors (Lipinski definition) is 1. The molecule has 2 heterocycles. The molecule has 0 aromatic carbocycles. The van der Waals surface area contributed by atoms with E-state index in [9.17, 15) is 14.4 Å². The van der Waals surface area contributed by atoms with Crippen molar-refractivity contribution in [2.45, 2.75) is 46.1 Å². The van der Waals surface area contributed by atoms with Crippen molar-refractivity contribution < 1.29 is 14.4 Å². The molecular weight excluding hydrogens is 344 g/mol. The van der Waals surface area contributed by atoms with Crippen LogP contribution in [-0.2, 0) is 16.1 Å². The van der Waals surface area contributed by atoms with Crippen molar-refractivity contribution in [3.05, 3.63) is 38.0 Å². The van der Waals surface area contributed by atoms with E-state index in [2.05, 4.69) is 10.3 Å². The Bertz CT molecular complexity index is 734. The predicted octanol–water partition coefficient (Wildman–Crippen LogP) is 3.45. The summed E-state index contributed by atoms with van der Waals surface area (Å²) in [5.74, 6) is -0.240. The third-order valence-electron chi connectivity index (χ3n) is 3.41. The Kier molecular flexibility index (Phi) is 6.81. The molecule has 0 spiro atoms. The summed E-state index contributed by atoms with van der Waals surface area (Å²) in [6.07, 6.45) is 0.708. The molecule has 0 saturated carbocycles. The van der Waals surface area contributed by atoms with Crippen molar-refractivity contribution in [1.29, 1.82) is 0 Å². The van der Waals surface area contributed by atoms with Gasteiger partial charge in [0.2, 0.25) is 5.91 Å². The summed E-state index contributed by atoms with van der Waals surface area (Å²) < 4.78 is 0. The van der Waals surface area contributed by atoms with Crippen molar-refractivity contribution in [3.63, 3.8) is 0 Å². The van der Waals surface area contributed by atoms with Crippen LogP contribution in [0.4, 0.5) is 0 Å². The van der Waals surface area contributed by atoms with Crippen molar-refractivity contribution in [3.8, 4) is 0 Å². The van der Waals surface area contributed by atoms with Crippen LogP contribution >= 0.6 is 22.7 Å². The van der Waals surface area contributed by atoms with Crippen LogP contribution in [0.15, 0.2) is 17.5 Å². The highest BCUT2D eigenvalue weighted by Crippen LogP contribution is 2.17. The lowest BCUT2D eigenvalue weighted by molar-refractivity contribution is -0.125. The third-order valence-corrected chi connectivity index (χ3v) is 5.27. The van der Waals surface area contributed by atoms with Gasteiger partial charge < -0.3 is 5.32 Å². The van der Waals surface area contributed by atoms with E-state index in [1.165, 1.54) is 22.7 Å². The Labute approximate surface area is 149 Å². The number of carbonyl (C=O) groups excluding carboxylic acids is 3. The number of nitrogens with zero attached hydrogens (tertiary/aromatic N) is 1. The molecule has 0 bridgehead atoms. The SMILES string of the molecule is Cc1ccc(C(=O)CCC(=O)CCC(=O)NCc2csc(C)n2)s1. The van der Waals surface area contributed by atoms with Gasteiger partial charge in [0.1, 0.15) is 5.78 Å². The van der Waals surface area contributed by atoms with E-state index in [0.29, 0.717) is 11.4 Å². The lowest BCUT2D eigenvalue weighted by Crippen LogP contribution is -2.23. The number of nitrogens with one attached hydrogen (secondary N) is 1. The molecule has 0 aliphatic rings. The van der Waals surface area contributed by atoms with Crippen LogP contribution in [0, 0.1) is 13.8 Å². The first-order chi connectivity index (χ1) is 11.4. The van der Waals surface area contributed by atoms with E-state index >= 15 is 0 Å². The monoisotopic (exact) mass is 364 g/mol. The summed E-state index contributed by atoms with van der Waals surface area (Å²) in [6, 6.07) is 3.69. The Morgan fingerprint density at radius 3 is 2.46 bits per heavy atom. The Balaban J connectivity index is 1.63. The highest BCUT2D eigenvalue weighted by atomic mass is 32.1. The van der Waals surface area contributed by atoms with Crippen LogP contribution in [-0.4, -0.2) is 22.5 Å². The van der Waals surface area contributed by atoms with E-state index in [-0.39, 0.29) is 43.2 Å². The van der Waals surface area contributed by atoms with Crippen LogP contribution < -0.4 is 5.32 Å². The first kappa shape index (κ1) is 18.5. The fraction of sp³-hybridized carbons (Fsp3) is 0.412. The third kappa shape index (κ3) is 5.98. The highest BCUT2D eigenvalue weighted by molar-refractivity contribution is 7.14. The zero-order chi connectivity index (χ0) is 17.5. The number of hydrogen-bond acceptors (Lipinski definition) is 6. The topological polar surface area (TPSA) is 76.1 Å². The van der Waals surface area contributed by atoms with Crippen molar-refractivity contribution in [2.24, 2.45) is 0 Å². The molecule has 0 radical (unpaired) electrons. The lowest BCUT2D eigenvalue weighted by atomic mass is 10.1. The molecule has 0 unspecified atom stereocenters. The number of rotatable bonds is 9. The lowest BCUT2D eigenvalue weighted by Gasteiger charge is -2.03. The fourth-order valence-electron chi connectivity index (χ4n) is 2.11. The molecule has 0 saturated heterocycles. The minimum atomic E-state index is -0.172. The van der Waals surface area contributed by atoms with Crippen molar-refractivity contribution in [2.75, 3.05) is 0 Å². The quantitative estimate of drug-likeness (QED) is 0.692. The number of thiazole rings is 1. The van der Waals surface area contributed by atoms with E-state index < -0.39 is 0 Å². The molecule has 24 heavy (non-hydrogen) atoms. The number of aromatic nitrogens is 1. The Morgan fingerprint density at radius 2 is 1.83 bits per heavy atom. The maximum absolute atomic E-state index is 11.9. The molecule has 1 N–H and O–H groups in total. The van der Waals surface area contributed by atoms with Crippen LogP contribution in [0.1, 0.15) is 50.9 Å². The normalized spacial score (nSPS) is 10.6. The smallest absolute Gasteiger partial charge is 0.220 e. The van der Waals surface area contributed by atoms with Crippen LogP contribution in [0.5, 0.6) is 0 Å². The zero-order valence-corrected chi connectivity index (χ0v) is 15.4. The number of carbonyl (C=O) groups is 3. The number of ketones is 2. The van der Waals surface area contributed by atoms with Crippen LogP contribution in [0.25, 0.3) is 0 Å². The van der Waals surface area contributed by atoms with Gasteiger partial charge in [-0.05, 0) is 26.0 Å². The number of thiophene rings is 1. The van der Waals surface area contributed by atoms with Gasteiger partial charge in [-0.1, -0.05) is 0 Å². The molecule has 128 valence electrons. The molecular formula is C17H20N2O3S2. The van der Waals surface area contributed by atoms with Gasteiger partial charge in [-0.25, -0.2) is 4.98 Å². The second kappa shape index (κ2) is 8.84. The van der Waals surface area contributed by atoms with Gasteiger partial charge in [-0.15, -0.1) is 22.7 Å². The molecule has 0 atom stereocenters. The minimum Gasteiger partial charge on any atom is -0.350 e. The van der Waals surface area contributed by atoms with Gasteiger partial charge in [0.25, 0.3) is 0 Å². The Hall–Kier alpha value is -1.86. The van der Waals surface area contributed by atoms with Gasteiger partial charge in [0, 0.05) is 35.9 Å².